The van der Waals surface area contributed by atoms with Crippen molar-refractivity contribution >= 4 is 16.7 Å². The van der Waals surface area contributed by atoms with Crippen molar-refractivity contribution in [2.24, 2.45) is 11.8 Å². The Bertz CT molecular complexity index is 604. The van der Waals surface area contributed by atoms with Crippen LogP contribution in [0.4, 0.5) is 0 Å². The molecule has 104 valence electrons. The van der Waals surface area contributed by atoms with Gasteiger partial charge in [0, 0.05) is 0 Å². The van der Waals surface area contributed by atoms with Crippen LogP contribution in [0.5, 0.6) is 0 Å². The van der Waals surface area contributed by atoms with Crippen molar-refractivity contribution in [1.82, 2.24) is 0 Å². The average molecular weight is 268 g/mol. The fraction of sp³-hybridized carbons (Fsp3) is 0.389. The zero-order valence-corrected chi connectivity index (χ0v) is 11.6. The lowest BCUT2D eigenvalue weighted by atomic mass is 9.79. The lowest BCUT2D eigenvalue weighted by Crippen LogP contribution is -2.22. The maximum atomic E-state index is 11.0. The molecule has 0 amide bonds. The van der Waals surface area contributed by atoms with Crippen LogP contribution in [0.25, 0.3) is 10.8 Å². The van der Waals surface area contributed by atoms with Crippen molar-refractivity contribution < 1.29 is 9.90 Å². The third-order valence-corrected chi connectivity index (χ3v) is 4.58. The van der Waals surface area contributed by atoms with E-state index in [4.69, 9.17) is 5.11 Å². The van der Waals surface area contributed by atoms with Crippen molar-refractivity contribution in [2.45, 2.75) is 32.1 Å². The Morgan fingerprint density at radius 1 is 1.00 bits per heavy atom. The van der Waals surface area contributed by atoms with Crippen molar-refractivity contribution in [2.75, 3.05) is 0 Å². The van der Waals surface area contributed by atoms with Gasteiger partial charge in [0.1, 0.15) is 0 Å². The number of carboxylic acids is 1. The summed E-state index contributed by atoms with van der Waals surface area (Å²) in [6, 6.07) is 15.0. The van der Waals surface area contributed by atoms with Gasteiger partial charge >= 0.3 is 5.97 Å². The van der Waals surface area contributed by atoms with Gasteiger partial charge in [0.2, 0.25) is 0 Å². The second-order valence-electron chi connectivity index (χ2n) is 5.90. The molecule has 1 saturated carbocycles. The van der Waals surface area contributed by atoms with Gasteiger partial charge in [-0.1, -0.05) is 42.5 Å². The number of fused-ring (bicyclic) bond motifs is 1. The van der Waals surface area contributed by atoms with E-state index in [1.807, 2.05) is 0 Å². The Kier molecular flexibility index (Phi) is 3.72. The molecule has 2 aromatic rings. The summed E-state index contributed by atoms with van der Waals surface area (Å²) < 4.78 is 0. The molecule has 0 radical (unpaired) electrons. The standard InChI is InChI=1S/C18H20O2/c19-18(20)15-10-8-13(9-11-15)12-16-6-3-5-14-4-1-2-7-17(14)16/h1-7,13,15H,8-12H2,(H,19,20). The maximum absolute atomic E-state index is 11.0. The lowest BCUT2D eigenvalue weighted by Gasteiger charge is -2.26. The zero-order chi connectivity index (χ0) is 13.9. The summed E-state index contributed by atoms with van der Waals surface area (Å²) in [5.74, 6) is -0.0937. The third-order valence-electron chi connectivity index (χ3n) is 4.58. The molecule has 0 atom stereocenters. The summed E-state index contributed by atoms with van der Waals surface area (Å²) in [6.45, 7) is 0. The summed E-state index contributed by atoms with van der Waals surface area (Å²) in [5.41, 5.74) is 1.40. The van der Waals surface area contributed by atoms with E-state index >= 15 is 0 Å². The molecule has 0 unspecified atom stereocenters. The van der Waals surface area contributed by atoms with Gasteiger partial charge in [-0.15, -0.1) is 0 Å². The number of aliphatic carboxylic acids is 1. The highest BCUT2D eigenvalue weighted by Gasteiger charge is 2.26. The van der Waals surface area contributed by atoms with Gasteiger partial charge in [0.15, 0.2) is 0 Å². The number of benzene rings is 2. The van der Waals surface area contributed by atoms with Crippen molar-refractivity contribution in [3.8, 4) is 0 Å². The van der Waals surface area contributed by atoms with Gasteiger partial charge in [0.25, 0.3) is 0 Å². The highest BCUT2D eigenvalue weighted by molar-refractivity contribution is 5.85. The molecule has 1 aliphatic rings. The molecule has 3 rings (SSSR count). The predicted octanol–water partition coefficient (Wildman–Crippen LogP) is 4.27. The molecular formula is C18H20O2. The molecule has 2 aromatic carbocycles. The van der Waals surface area contributed by atoms with Crippen LogP contribution in [0.1, 0.15) is 31.2 Å². The molecule has 0 aliphatic heterocycles. The molecule has 0 spiro atoms. The lowest BCUT2D eigenvalue weighted by molar-refractivity contribution is -0.143. The molecule has 1 fully saturated rings. The van der Waals surface area contributed by atoms with Crippen LogP contribution >= 0.6 is 0 Å². The minimum Gasteiger partial charge on any atom is -0.481 e. The number of rotatable bonds is 3. The Labute approximate surface area is 119 Å². The highest BCUT2D eigenvalue weighted by Crippen LogP contribution is 2.32. The quantitative estimate of drug-likeness (QED) is 0.902. The Hall–Kier alpha value is -1.83. The normalized spacial score (nSPS) is 22.8. The summed E-state index contributed by atoms with van der Waals surface area (Å²) >= 11 is 0. The Balaban J connectivity index is 1.73. The van der Waals surface area contributed by atoms with Crippen LogP contribution in [-0.4, -0.2) is 11.1 Å². The molecule has 0 bridgehead atoms. The third kappa shape index (κ3) is 2.69. The monoisotopic (exact) mass is 268 g/mol. The second-order valence-corrected chi connectivity index (χ2v) is 5.90. The largest absolute Gasteiger partial charge is 0.481 e. The molecule has 2 heteroatoms. The summed E-state index contributed by atoms with van der Waals surface area (Å²) in [5, 5.41) is 11.7. The van der Waals surface area contributed by atoms with Crippen molar-refractivity contribution in [3.63, 3.8) is 0 Å². The molecule has 20 heavy (non-hydrogen) atoms. The van der Waals surface area contributed by atoms with Crippen molar-refractivity contribution in [1.29, 1.82) is 0 Å². The average Bonchev–Trinajstić information content (AvgIpc) is 2.48. The van der Waals surface area contributed by atoms with E-state index in [-0.39, 0.29) is 5.92 Å². The zero-order valence-electron chi connectivity index (χ0n) is 11.6. The van der Waals surface area contributed by atoms with Crippen LogP contribution in [-0.2, 0) is 11.2 Å². The van der Waals surface area contributed by atoms with Crippen molar-refractivity contribution in [3.05, 3.63) is 48.0 Å². The van der Waals surface area contributed by atoms with Gasteiger partial charge in [-0.3, -0.25) is 4.79 Å². The molecule has 0 aromatic heterocycles. The minimum absolute atomic E-state index is 0.112. The van der Waals surface area contributed by atoms with E-state index in [2.05, 4.69) is 42.5 Å². The number of carboxylic acid groups (broad SMARTS) is 1. The fourth-order valence-electron chi connectivity index (χ4n) is 3.40. The van der Waals surface area contributed by atoms with Gasteiger partial charge in [-0.25, -0.2) is 0 Å². The maximum Gasteiger partial charge on any atom is 0.306 e. The molecule has 0 heterocycles. The molecule has 1 aliphatic carbocycles. The van der Waals surface area contributed by atoms with E-state index in [0.717, 1.165) is 32.1 Å². The first kappa shape index (κ1) is 13.2. The Morgan fingerprint density at radius 2 is 1.70 bits per heavy atom. The summed E-state index contributed by atoms with van der Waals surface area (Å²) in [4.78, 5) is 11.0. The van der Waals surface area contributed by atoms with Gasteiger partial charge in [-0.2, -0.15) is 0 Å². The summed E-state index contributed by atoms with van der Waals surface area (Å²) in [6.07, 6.45) is 4.84. The first-order valence-electron chi connectivity index (χ1n) is 7.43. The van der Waals surface area contributed by atoms with Gasteiger partial charge in [0.05, 0.1) is 5.92 Å². The highest BCUT2D eigenvalue weighted by atomic mass is 16.4. The van der Waals surface area contributed by atoms with Gasteiger partial charge < -0.3 is 5.11 Å². The smallest absolute Gasteiger partial charge is 0.306 e. The van der Waals surface area contributed by atoms with Gasteiger partial charge in [-0.05, 0) is 54.4 Å². The number of hydrogen-bond donors (Lipinski definition) is 1. The number of carbonyl (C=O) groups is 1. The first-order valence-corrected chi connectivity index (χ1v) is 7.43. The SMILES string of the molecule is O=C(O)C1CCC(Cc2cccc3ccccc23)CC1. The van der Waals surface area contributed by atoms with Crippen LogP contribution in [0.15, 0.2) is 42.5 Å². The van der Waals surface area contributed by atoms with E-state index in [1.165, 1.54) is 16.3 Å². The van der Waals surface area contributed by atoms with Crippen LogP contribution in [0.3, 0.4) is 0 Å². The molecular weight excluding hydrogens is 248 g/mol. The Morgan fingerprint density at radius 3 is 2.45 bits per heavy atom. The molecule has 1 N–H and O–H groups in total. The van der Waals surface area contributed by atoms with E-state index in [9.17, 15) is 4.79 Å². The number of hydrogen-bond acceptors (Lipinski definition) is 1. The first-order chi connectivity index (χ1) is 9.74. The predicted molar refractivity (Wildman–Crippen MR) is 80.7 cm³/mol. The minimum atomic E-state index is -0.617. The second kappa shape index (κ2) is 5.66. The fourth-order valence-corrected chi connectivity index (χ4v) is 3.40. The van der Waals surface area contributed by atoms with Crippen LogP contribution in [0.2, 0.25) is 0 Å². The van der Waals surface area contributed by atoms with E-state index < -0.39 is 5.97 Å². The van der Waals surface area contributed by atoms with Crippen LogP contribution < -0.4 is 0 Å². The molecule has 2 nitrogen and oxygen atoms in total. The molecule has 0 saturated heterocycles. The topological polar surface area (TPSA) is 37.3 Å². The summed E-state index contributed by atoms with van der Waals surface area (Å²) in [7, 11) is 0. The van der Waals surface area contributed by atoms with E-state index in [0.29, 0.717) is 5.92 Å². The van der Waals surface area contributed by atoms with E-state index in [1.54, 1.807) is 0 Å². The van der Waals surface area contributed by atoms with Crippen LogP contribution in [0, 0.1) is 11.8 Å².